The minimum atomic E-state index is -0.921. The van der Waals surface area contributed by atoms with Gasteiger partial charge in [0.25, 0.3) is 0 Å². The number of amides is 1. The van der Waals surface area contributed by atoms with Gasteiger partial charge in [0, 0.05) is 18.9 Å². The van der Waals surface area contributed by atoms with Gasteiger partial charge in [0.1, 0.15) is 24.2 Å². The Bertz CT molecular complexity index is 1680. The van der Waals surface area contributed by atoms with E-state index in [1.165, 1.54) is 4.90 Å². The molecule has 0 aromatic heterocycles. The summed E-state index contributed by atoms with van der Waals surface area (Å²) in [6.45, 7) is 8.66. The van der Waals surface area contributed by atoms with Gasteiger partial charge in [-0.1, -0.05) is 60.7 Å². The van der Waals surface area contributed by atoms with Crippen molar-refractivity contribution in [1.29, 1.82) is 0 Å². The molecule has 2 heterocycles. The Labute approximate surface area is 300 Å². The highest BCUT2D eigenvalue weighted by Gasteiger charge is 2.34. The topological polar surface area (TPSA) is 105 Å². The van der Waals surface area contributed by atoms with E-state index in [-0.39, 0.29) is 18.1 Å². The molecule has 0 radical (unpaired) electrons. The normalized spacial score (nSPS) is 20.0. The van der Waals surface area contributed by atoms with Crippen molar-refractivity contribution >= 4 is 16.9 Å². The number of hydrogen-bond donors (Lipinski definition) is 1. The molecule has 6 rings (SSSR count). The quantitative estimate of drug-likeness (QED) is 0.113. The number of benzene rings is 4. The zero-order valence-corrected chi connectivity index (χ0v) is 29.5. The van der Waals surface area contributed by atoms with Crippen LogP contribution >= 0.6 is 0 Å². The van der Waals surface area contributed by atoms with Crippen molar-refractivity contribution in [2.75, 3.05) is 52.7 Å². The van der Waals surface area contributed by atoms with E-state index >= 15 is 0 Å². The SMILES string of the molecule is CC1(C)OCC(COCCOc2ccc3cc(COC4CN(C(=O)O)CCC4c4ccc(OCCCOCc5ccccc5)cc4)ccc3c2)O1. The summed E-state index contributed by atoms with van der Waals surface area (Å²) in [5.74, 6) is 1.09. The fourth-order valence-electron chi connectivity index (χ4n) is 6.50. The standard InChI is InChI=1S/C41H49NO9/c1-41(2)50-29-37(51-41)28-46-21-22-48-36-16-13-33-23-31(9-10-34(33)24-36)27-49-39-25-42(40(43)44)18-17-38(39)32-11-14-35(15-12-32)47-20-6-19-45-26-30-7-4-3-5-8-30/h3-5,7-16,23-24,37-39H,6,17-22,25-29H2,1-2H3,(H,43,44). The van der Waals surface area contributed by atoms with E-state index in [1.807, 2.05) is 68.4 Å². The van der Waals surface area contributed by atoms with Gasteiger partial charge in [0.2, 0.25) is 0 Å². The fourth-order valence-corrected chi connectivity index (χ4v) is 6.50. The van der Waals surface area contributed by atoms with Crippen molar-refractivity contribution in [2.24, 2.45) is 0 Å². The lowest BCUT2D eigenvalue weighted by Crippen LogP contribution is -2.46. The summed E-state index contributed by atoms with van der Waals surface area (Å²) in [4.78, 5) is 13.3. The van der Waals surface area contributed by atoms with Gasteiger partial charge in [-0.2, -0.15) is 0 Å². The van der Waals surface area contributed by atoms with Crippen molar-refractivity contribution in [3.05, 3.63) is 108 Å². The van der Waals surface area contributed by atoms with Crippen LogP contribution in [0.4, 0.5) is 4.79 Å². The second kappa shape index (κ2) is 17.8. The zero-order valence-electron chi connectivity index (χ0n) is 29.5. The van der Waals surface area contributed by atoms with E-state index in [9.17, 15) is 9.90 Å². The lowest BCUT2D eigenvalue weighted by molar-refractivity contribution is -0.145. The van der Waals surface area contributed by atoms with Crippen LogP contribution in [0.5, 0.6) is 11.5 Å². The van der Waals surface area contributed by atoms with Gasteiger partial charge in [-0.15, -0.1) is 0 Å². The largest absolute Gasteiger partial charge is 0.494 e. The second-order valence-corrected chi connectivity index (χ2v) is 13.5. The molecule has 51 heavy (non-hydrogen) atoms. The van der Waals surface area contributed by atoms with Gasteiger partial charge < -0.3 is 43.2 Å². The maximum absolute atomic E-state index is 11.9. The predicted molar refractivity (Wildman–Crippen MR) is 193 cm³/mol. The average Bonchev–Trinajstić information content (AvgIpc) is 3.50. The molecule has 10 nitrogen and oxygen atoms in total. The first kappa shape index (κ1) is 36.6. The van der Waals surface area contributed by atoms with Crippen LogP contribution in [0.1, 0.15) is 49.3 Å². The minimum Gasteiger partial charge on any atom is -0.494 e. The molecule has 2 aliphatic heterocycles. The maximum Gasteiger partial charge on any atom is 0.407 e. The van der Waals surface area contributed by atoms with E-state index in [2.05, 4.69) is 36.4 Å². The molecular formula is C41H49NO9. The van der Waals surface area contributed by atoms with Crippen LogP contribution in [0.15, 0.2) is 91.0 Å². The summed E-state index contributed by atoms with van der Waals surface area (Å²) in [6.07, 6.45) is 0.219. The summed E-state index contributed by atoms with van der Waals surface area (Å²) in [6, 6.07) is 30.5. The van der Waals surface area contributed by atoms with Gasteiger partial charge in [-0.3, -0.25) is 0 Å². The first-order valence-corrected chi connectivity index (χ1v) is 17.8. The highest BCUT2D eigenvalue weighted by Crippen LogP contribution is 2.33. The Balaban J connectivity index is 0.967. The number of ether oxygens (including phenoxy) is 7. The molecule has 2 saturated heterocycles. The second-order valence-electron chi connectivity index (χ2n) is 13.5. The molecule has 4 aromatic carbocycles. The van der Waals surface area contributed by atoms with Crippen LogP contribution in [-0.4, -0.2) is 86.8 Å². The van der Waals surface area contributed by atoms with E-state index in [0.29, 0.717) is 72.4 Å². The summed E-state index contributed by atoms with van der Waals surface area (Å²) in [7, 11) is 0. The average molecular weight is 700 g/mol. The first-order valence-electron chi connectivity index (χ1n) is 17.8. The Kier molecular flexibility index (Phi) is 12.8. The van der Waals surface area contributed by atoms with Crippen LogP contribution in [-0.2, 0) is 36.9 Å². The molecule has 2 fully saturated rings. The molecule has 1 N–H and O–H groups in total. The summed E-state index contributed by atoms with van der Waals surface area (Å²) in [5, 5.41) is 11.9. The van der Waals surface area contributed by atoms with Crippen molar-refractivity contribution in [2.45, 2.75) is 63.8 Å². The number of carbonyl (C=O) groups is 1. The Morgan fingerprint density at radius 2 is 1.59 bits per heavy atom. The summed E-state index contributed by atoms with van der Waals surface area (Å²) >= 11 is 0. The van der Waals surface area contributed by atoms with Gasteiger partial charge >= 0.3 is 6.09 Å². The molecule has 2 aliphatic rings. The van der Waals surface area contributed by atoms with E-state index in [4.69, 9.17) is 33.2 Å². The number of likely N-dealkylation sites (tertiary alicyclic amines) is 1. The fraction of sp³-hybridized carbons (Fsp3) is 0.439. The number of rotatable bonds is 17. The van der Waals surface area contributed by atoms with Crippen molar-refractivity contribution in [3.8, 4) is 11.5 Å². The molecule has 1 amide bonds. The third-order valence-corrected chi connectivity index (χ3v) is 9.16. The lowest BCUT2D eigenvalue weighted by Gasteiger charge is -2.37. The van der Waals surface area contributed by atoms with Gasteiger partial charge in [0.15, 0.2) is 5.79 Å². The Morgan fingerprint density at radius 3 is 2.37 bits per heavy atom. The van der Waals surface area contributed by atoms with Gasteiger partial charge in [0.05, 0.1) is 58.9 Å². The van der Waals surface area contributed by atoms with Crippen LogP contribution in [0, 0.1) is 0 Å². The monoisotopic (exact) mass is 699 g/mol. The number of carboxylic acid groups (broad SMARTS) is 1. The third-order valence-electron chi connectivity index (χ3n) is 9.16. The van der Waals surface area contributed by atoms with Crippen LogP contribution in [0.2, 0.25) is 0 Å². The third kappa shape index (κ3) is 10.9. The lowest BCUT2D eigenvalue weighted by atomic mass is 9.87. The highest BCUT2D eigenvalue weighted by molar-refractivity contribution is 5.84. The Hall–Kier alpha value is -4.19. The van der Waals surface area contributed by atoms with E-state index in [1.54, 1.807) is 0 Å². The molecule has 10 heteroatoms. The van der Waals surface area contributed by atoms with Crippen LogP contribution < -0.4 is 9.47 Å². The van der Waals surface area contributed by atoms with Crippen LogP contribution in [0.25, 0.3) is 10.8 Å². The smallest absolute Gasteiger partial charge is 0.407 e. The molecule has 0 spiro atoms. The summed E-state index contributed by atoms with van der Waals surface area (Å²) in [5.41, 5.74) is 3.30. The van der Waals surface area contributed by atoms with Crippen molar-refractivity contribution in [3.63, 3.8) is 0 Å². The number of hydrogen-bond acceptors (Lipinski definition) is 8. The number of nitrogens with zero attached hydrogens (tertiary/aromatic N) is 1. The molecule has 4 aromatic rings. The predicted octanol–water partition coefficient (Wildman–Crippen LogP) is 7.43. The highest BCUT2D eigenvalue weighted by atomic mass is 16.7. The Morgan fingerprint density at radius 1 is 0.824 bits per heavy atom. The molecule has 3 atom stereocenters. The summed E-state index contributed by atoms with van der Waals surface area (Å²) < 4.78 is 41.2. The molecule has 3 unspecified atom stereocenters. The van der Waals surface area contributed by atoms with E-state index in [0.717, 1.165) is 45.4 Å². The molecule has 272 valence electrons. The molecular weight excluding hydrogens is 650 g/mol. The molecule has 0 bridgehead atoms. The van der Waals surface area contributed by atoms with E-state index < -0.39 is 11.9 Å². The maximum atomic E-state index is 11.9. The van der Waals surface area contributed by atoms with Gasteiger partial charge in [-0.05, 0) is 78.1 Å². The minimum absolute atomic E-state index is 0.0574. The molecule has 0 aliphatic carbocycles. The van der Waals surface area contributed by atoms with Crippen molar-refractivity contribution in [1.82, 2.24) is 4.90 Å². The molecule has 0 saturated carbocycles. The number of fused-ring (bicyclic) bond motifs is 1. The number of piperidine rings is 1. The van der Waals surface area contributed by atoms with Gasteiger partial charge in [-0.25, -0.2) is 4.79 Å². The first-order chi connectivity index (χ1) is 24.8. The van der Waals surface area contributed by atoms with Crippen molar-refractivity contribution < 1.29 is 43.1 Å². The van der Waals surface area contributed by atoms with Crippen LogP contribution in [0.3, 0.4) is 0 Å². The zero-order chi connectivity index (χ0) is 35.5.